The Morgan fingerprint density at radius 2 is 1.16 bits per heavy atom. The molecule has 4 aromatic rings. The van der Waals surface area contributed by atoms with E-state index in [1.807, 2.05) is 85.8 Å². The summed E-state index contributed by atoms with van der Waals surface area (Å²) < 4.78 is 3.18. The minimum absolute atomic E-state index is 0. The first-order valence-corrected chi connectivity index (χ1v) is 14.1. The van der Waals surface area contributed by atoms with E-state index in [1.54, 1.807) is 12.1 Å². The zero-order valence-electron chi connectivity index (χ0n) is 22.3. The Morgan fingerprint density at radius 1 is 0.737 bits per heavy atom. The molecule has 0 aliphatic heterocycles. The standard InChI is InChI=1S/C14H11BrO.C7H6Br2.C7H5N.C4H9.Li/c1-10-7-12(9-13(15)8-10)14(16)11-5-3-2-4-6-11;1-5-2-6(8)4-7(9)3-5;8-6-7-4-2-1-3-5-7;1-3-4-2;/h2-9H,1H3;2-4H,1H3;1-5H;1,3-4H2,2H3;/q;;;-1;+1. The Hall–Kier alpha value is -1.92. The molecule has 0 aliphatic carbocycles. The Bertz CT molecular complexity index is 1200. The molecule has 0 aliphatic rings. The monoisotopic (exact) mass is 689 g/mol. The van der Waals surface area contributed by atoms with E-state index in [0.717, 1.165) is 36.5 Å². The van der Waals surface area contributed by atoms with Crippen LogP contribution >= 0.6 is 47.8 Å². The quantitative estimate of drug-likeness (QED) is 0.126. The van der Waals surface area contributed by atoms with Gasteiger partial charge in [-0.3, -0.25) is 4.79 Å². The van der Waals surface area contributed by atoms with Crippen LogP contribution in [0.4, 0.5) is 0 Å². The van der Waals surface area contributed by atoms with E-state index in [-0.39, 0.29) is 24.6 Å². The minimum Gasteiger partial charge on any atom is -0.343 e. The van der Waals surface area contributed by atoms with Gasteiger partial charge in [-0.2, -0.15) is 11.7 Å². The number of hydrogen-bond donors (Lipinski definition) is 0. The van der Waals surface area contributed by atoms with Gasteiger partial charge in [-0.1, -0.05) is 110 Å². The second-order valence-corrected chi connectivity index (χ2v) is 10.7. The largest absolute Gasteiger partial charge is 1.00 e. The van der Waals surface area contributed by atoms with E-state index < -0.39 is 0 Å². The van der Waals surface area contributed by atoms with Crippen LogP contribution in [-0.2, 0) is 0 Å². The zero-order chi connectivity index (χ0) is 27.6. The molecule has 6 heteroatoms. The van der Waals surface area contributed by atoms with Gasteiger partial charge >= 0.3 is 18.9 Å². The van der Waals surface area contributed by atoms with Gasteiger partial charge in [0.15, 0.2) is 5.78 Å². The SMILES string of the molecule is Cc1cc(Br)cc(Br)c1.Cc1cc(Br)cc(C(=O)c2ccccc2)c1.N#Cc1ccccc1.[CH2-]CCC.[Li+]. The summed E-state index contributed by atoms with van der Waals surface area (Å²) in [5.41, 5.74) is 4.50. The van der Waals surface area contributed by atoms with Crippen molar-refractivity contribution in [3.8, 4) is 6.07 Å². The van der Waals surface area contributed by atoms with Crippen LogP contribution in [0, 0.1) is 32.1 Å². The van der Waals surface area contributed by atoms with Crippen molar-refractivity contribution in [3.63, 3.8) is 0 Å². The summed E-state index contributed by atoms with van der Waals surface area (Å²) >= 11 is 10.2. The summed E-state index contributed by atoms with van der Waals surface area (Å²) in [7, 11) is 0. The maximum Gasteiger partial charge on any atom is 1.00 e. The molecule has 0 spiro atoms. The van der Waals surface area contributed by atoms with Gasteiger partial charge in [0.25, 0.3) is 0 Å². The normalized spacial score (nSPS) is 9.00. The van der Waals surface area contributed by atoms with Crippen LogP contribution < -0.4 is 18.9 Å². The average molecular weight is 692 g/mol. The van der Waals surface area contributed by atoms with E-state index in [4.69, 9.17) is 5.26 Å². The van der Waals surface area contributed by atoms with Crippen molar-refractivity contribution in [1.82, 2.24) is 0 Å². The molecule has 192 valence electrons. The summed E-state index contributed by atoms with van der Waals surface area (Å²) in [6, 6.07) is 32.4. The summed E-state index contributed by atoms with van der Waals surface area (Å²) in [6.07, 6.45) is 2.28. The van der Waals surface area contributed by atoms with E-state index in [2.05, 4.69) is 80.7 Å². The minimum atomic E-state index is 0. The molecule has 2 nitrogen and oxygen atoms in total. The number of hydrogen-bond acceptors (Lipinski definition) is 2. The smallest absolute Gasteiger partial charge is 0.343 e. The maximum atomic E-state index is 12.1. The molecule has 0 N–H and O–H groups in total. The Morgan fingerprint density at radius 3 is 1.53 bits per heavy atom. The summed E-state index contributed by atoms with van der Waals surface area (Å²) in [6.45, 7) is 9.77. The van der Waals surface area contributed by atoms with Crippen molar-refractivity contribution in [1.29, 1.82) is 5.26 Å². The Balaban J connectivity index is 0.000000532. The maximum absolute atomic E-state index is 12.1. The van der Waals surface area contributed by atoms with Gasteiger partial charge in [0, 0.05) is 24.5 Å². The number of ketones is 1. The van der Waals surface area contributed by atoms with Gasteiger partial charge in [-0.25, -0.2) is 0 Å². The number of nitrogens with zero attached hydrogens (tertiary/aromatic N) is 1. The van der Waals surface area contributed by atoms with Crippen LogP contribution in [0.25, 0.3) is 0 Å². The third kappa shape index (κ3) is 15.5. The van der Waals surface area contributed by atoms with E-state index >= 15 is 0 Å². The van der Waals surface area contributed by atoms with Crippen molar-refractivity contribution in [2.24, 2.45) is 0 Å². The van der Waals surface area contributed by atoms with Crippen LogP contribution in [0.3, 0.4) is 0 Å². The fourth-order valence-corrected chi connectivity index (χ4v) is 4.96. The number of benzene rings is 4. The summed E-state index contributed by atoms with van der Waals surface area (Å²) in [5, 5.41) is 8.29. The van der Waals surface area contributed by atoms with Crippen LogP contribution in [0.15, 0.2) is 110 Å². The van der Waals surface area contributed by atoms with Crippen LogP contribution in [0.5, 0.6) is 0 Å². The molecule has 38 heavy (non-hydrogen) atoms. The Kier molecular flexibility index (Phi) is 19.9. The first kappa shape index (κ1) is 36.1. The summed E-state index contributed by atoms with van der Waals surface area (Å²) in [5.74, 6) is 0.0602. The molecule has 0 saturated carbocycles. The fourth-order valence-electron chi connectivity index (χ4n) is 2.83. The van der Waals surface area contributed by atoms with Crippen molar-refractivity contribution in [2.45, 2.75) is 33.6 Å². The third-order valence-corrected chi connectivity index (χ3v) is 5.98. The van der Waals surface area contributed by atoms with Gasteiger partial charge in [-0.15, -0.1) is 0 Å². The number of rotatable bonds is 3. The van der Waals surface area contributed by atoms with Crippen LogP contribution in [0.2, 0.25) is 0 Å². The van der Waals surface area contributed by atoms with Gasteiger partial charge in [0.05, 0.1) is 11.6 Å². The topological polar surface area (TPSA) is 40.9 Å². The second kappa shape index (κ2) is 21.0. The number of unbranched alkanes of at least 4 members (excludes halogenated alkanes) is 1. The molecular weight excluding hydrogens is 661 g/mol. The van der Waals surface area contributed by atoms with Gasteiger partial charge in [-0.05, 0) is 73.5 Å². The average Bonchev–Trinajstić information content (AvgIpc) is 2.89. The van der Waals surface area contributed by atoms with Crippen LogP contribution in [0.1, 0.15) is 52.4 Å². The molecule has 0 fully saturated rings. The molecule has 0 saturated heterocycles. The molecule has 0 unspecified atom stereocenters. The number of halogens is 3. The molecule has 0 atom stereocenters. The molecular formula is C32H31Br3LiNO. The van der Waals surface area contributed by atoms with Gasteiger partial charge in [0.2, 0.25) is 0 Å². The predicted octanol–water partition coefficient (Wildman–Crippen LogP) is 7.69. The molecule has 0 heterocycles. The molecule has 0 amide bonds. The second-order valence-electron chi connectivity index (χ2n) is 7.99. The predicted molar refractivity (Wildman–Crippen MR) is 167 cm³/mol. The number of nitriles is 1. The number of aryl methyl sites for hydroxylation is 2. The van der Waals surface area contributed by atoms with Gasteiger partial charge in [0.1, 0.15) is 0 Å². The first-order chi connectivity index (χ1) is 17.7. The molecule has 0 aromatic heterocycles. The molecule has 4 rings (SSSR count). The van der Waals surface area contributed by atoms with E-state index in [0.29, 0.717) is 5.56 Å². The summed E-state index contributed by atoms with van der Waals surface area (Å²) in [4.78, 5) is 12.1. The zero-order valence-corrected chi connectivity index (χ0v) is 27.1. The van der Waals surface area contributed by atoms with Gasteiger partial charge < -0.3 is 6.92 Å². The van der Waals surface area contributed by atoms with Crippen molar-refractivity contribution >= 4 is 53.6 Å². The van der Waals surface area contributed by atoms with Crippen molar-refractivity contribution in [3.05, 3.63) is 145 Å². The first-order valence-electron chi connectivity index (χ1n) is 11.7. The molecule has 0 bridgehead atoms. The van der Waals surface area contributed by atoms with Crippen molar-refractivity contribution in [2.75, 3.05) is 0 Å². The van der Waals surface area contributed by atoms with Crippen molar-refractivity contribution < 1.29 is 23.7 Å². The fraction of sp³-hybridized carbons (Fsp3) is 0.156. The van der Waals surface area contributed by atoms with E-state index in [1.165, 1.54) is 12.0 Å². The Labute approximate surface area is 265 Å². The molecule has 4 aromatic carbocycles. The third-order valence-electron chi connectivity index (χ3n) is 4.60. The van der Waals surface area contributed by atoms with Crippen LogP contribution in [-0.4, -0.2) is 5.78 Å². The number of carbonyl (C=O) groups excluding carboxylic acids is 1. The number of carbonyl (C=O) groups is 1. The molecule has 0 radical (unpaired) electrons. The van der Waals surface area contributed by atoms with E-state index in [9.17, 15) is 4.79 Å².